The van der Waals surface area contributed by atoms with Crippen molar-refractivity contribution < 1.29 is 4.74 Å². The van der Waals surface area contributed by atoms with Crippen LogP contribution in [0.3, 0.4) is 0 Å². The molecule has 0 radical (unpaired) electrons. The third kappa shape index (κ3) is 3.14. The molecule has 1 nitrogen and oxygen atoms in total. The molecule has 86 valence electrons. The predicted octanol–water partition coefficient (Wildman–Crippen LogP) is 3.66. The molecular weight excluding hydrogens is 228 g/mol. The molecule has 0 fully saturated rings. The minimum Gasteiger partial charge on any atom is -0.497 e. The van der Waals surface area contributed by atoms with E-state index in [1.165, 1.54) is 5.56 Å². The fraction of sp³-hybridized carbons (Fsp3) is 0.133. The number of ether oxygens (including phenoxy) is 1. The van der Waals surface area contributed by atoms with Crippen LogP contribution in [-0.4, -0.2) is 12.0 Å². The van der Waals surface area contributed by atoms with Crippen molar-refractivity contribution in [3.05, 3.63) is 65.7 Å². The van der Waals surface area contributed by atoms with E-state index in [9.17, 15) is 0 Å². The van der Waals surface area contributed by atoms with E-state index in [0.29, 0.717) is 0 Å². The second kappa shape index (κ2) is 5.60. The molecule has 17 heavy (non-hydrogen) atoms. The predicted molar refractivity (Wildman–Crippen MR) is 74.8 cm³/mol. The maximum absolute atomic E-state index is 5.43. The monoisotopic (exact) mass is 242 g/mol. The van der Waals surface area contributed by atoms with Crippen molar-refractivity contribution in [3.8, 4) is 5.75 Å². The van der Waals surface area contributed by atoms with Crippen LogP contribution in [0.4, 0.5) is 0 Å². The lowest BCUT2D eigenvalue weighted by Crippen LogP contribution is -2.01. The van der Waals surface area contributed by atoms with Gasteiger partial charge in [-0.3, -0.25) is 0 Å². The molecule has 0 aliphatic carbocycles. The smallest absolute Gasteiger partial charge is 0.118 e. The minimum atomic E-state index is 0.795. The zero-order valence-electron chi connectivity index (χ0n) is 9.72. The first-order valence-electron chi connectivity index (χ1n) is 5.51. The average molecular weight is 242 g/mol. The first-order valence-corrected chi connectivity index (χ1v) is 5.91. The van der Waals surface area contributed by atoms with Crippen LogP contribution < -0.4 is 4.74 Å². The lowest BCUT2D eigenvalue weighted by molar-refractivity contribution is 0.414. The Morgan fingerprint density at radius 3 is 2.24 bits per heavy atom. The van der Waals surface area contributed by atoms with Gasteiger partial charge in [0.25, 0.3) is 0 Å². The highest BCUT2D eigenvalue weighted by Gasteiger charge is 2.02. The molecule has 0 bridgehead atoms. The standard InChI is InChI=1S/C15H14OS/c1-16-14-9-7-12(8-10-14)11-15(17)13-5-3-2-4-6-13/h2-10H,11H2,1H3. The highest BCUT2D eigenvalue weighted by molar-refractivity contribution is 7.80. The molecule has 2 aromatic rings. The lowest BCUT2D eigenvalue weighted by atomic mass is 10.0. The van der Waals surface area contributed by atoms with E-state index in [-0.39, 0.29) is 0 Å². The number of benzene rings is 2. The van der Waals surface area contributed by atoms with Crippen LogP contribution in [0.5, 0.6) is 5.75 Å². The largest absolute Gasteiger partial charge is 0.497 e. The molecule has 0 heterocycles. The van der Waals surface area contributed by atoms with Gasteiger partial charge in [-0.1, -0.05) is 54.7 Å². The van der Waals surface area contributed by atoms with Crippen molar-refractivity contribution in [2.24, 2.45) is 0 Å². The van der Waals surface area contributed by atoms with E-state index in [1.54, 1.807) is 7.11 Å². The van der Waals surface area contributed by atoms with Crippen LogP contribution in [0, 0.1) is 0 Å². The zero-order chi connectivity index (χ0) is 12.1. The Balaban J connectivity index is 2.08. The normalized spacial score (nSPS) is 9.94. The number of hydrogen-bond donors (Lipinski definition) is 0. The molecule has 2 aromatic carbocycles. The molecule has 0 saturated heterocycles. The number of thiocarbonyl (C=S) groups is 1. The fourth-order valence-corrected chi connectivity index (χ4v) is 1.96. The van der Waals surface area contributed by atoms with Crippen LogP contribution in [-0.2, 0) is 6.42 Å². The summed E-state index contributed by atoms with van der Waals surface area (Å²) in [5, 5.41) is 0. The van der Waals surface area contributed by atoms with Gasteiger partial charge in [0.15, 0.2) is 0 Å². The Morgan fingerprint density at radius 1 is 1.00 bits per heavy atom. The van der Waals surface area contributed by atoms with Gasteiger partial charge < -0.3 is 4.74 Å². The van der Waals surface area contributed by atoms with Gasteiger partial charge in [0.1, 0.15) is 5.75 Å². The summed E-state index contributed by atoms with van der Waals surface area (Å²) < 4.78 is 5.13. The molecule has 0 N–H and O–H groups in total. The summed E-state index contributed by atoms with van der Waals surface area (Å²) in [5.41, 5.74) is 2.33. The zero-order valence-corrected chi connectivity index (χ0v) is 10.5. The molecule has 0 aliphatic rings. The summed E-state index contributed by atoms with van der Waals surface area (Å²) in [5.74, 6) is 0.874. The number of methoxy groups -OCH3 is 1. The van der Waals surface area contributed by atoms with Gasteiger partial charge in [-0.05, 0) is 23.3 Å². The van der Waals surface area contributed by atoms with Gasteiger partial charge >= 0.3 is 0 Å². The summed E-state index contributed by atoms with van der Waals surface area (Å²) in [6.45, 7) is 0. The SMILES string of the molecule is COc1ccc(CC(=S)c2ccccc2)cc1. The second-order valence-electron chi connectivity index (χ2n) is 3.81. The molecule has 0 aromatic heterocycles. The van der Waals surface area contributed by atoms with Gasteiger partial charge in [0.05, 0.1) is 7.11 Å². The Morgan fingerprint density at radius 2 is 1.65 bits per heavy atom. The Labute approximate surface area is 107 Å². The van der Waals surface area contributed by atoms with E-state index in [1.807, 2.05) is 54.6 Å². The van der Waals surface area contributed by atoms with E-state index in [0.717, 1.165) is 22.6 Å². The van der Waals surface area contributed by atoms with Gasteiger partial charge in [-0.15, -0.1) is 0 Å². The van der Waals surface area contributed by atoms with Crippen molar-refractivity contribution in [1.82, 2.24) is 0 Å². The van der Waals surface area contributed by atoms with Crippen molar-refractivity contribution in [1.29, 1.82) is 0 Å². The van der Waals surface area contributed by atoms with E-state index in [4.69, 9.17) is 17.0 Å². The summed E-state index contributed by atoms with van der Waals surface area (Å²) in [6.07, 6.45) is 0.795. The van der Waals surface area contributed by atoms with Crippen molar-refractivity contribution in [2.45, 2.75) is 6.42 Å². The van der Waals surface area contributed by atoms with Crippen molar-refractivity contribution in [2.75, 3.05) is 7.11 Å². The van der Waals surface area contributed by atoms with Crippen LogP contribution in [0.2, 0.25) is 0 Å². The molecular formula is C15H14OS. The quantitative estimate of drug-likeness (QED) is 0.598. The molecule has 2 rings (SSSR count). The maximum atomic E-state index is 5.43. The molecule has 0 spiro atoms. The molecule has 0 atom stereocenters. The number of rotatable bonds is 4. The Hall–Kier alpha value is -1.67. The summed E-state index contributed by atoms with van der Waals surface area (Å²) >= 11 is 5.43. The first kappa shape index (κ1) is 11.8. The second-order valence-corrected chi connectivity index (χ2v) is 4.31. The topological polar surface area (TPSA) is 9.23 Å². The summed E-state index contributed by atoms with van der Waals surface area (Å²) in [7, 11) is 1.67. The van der Waals surface area contributed by atoms with Crippen LogP contribution in [0.1, 0.15) is 11.1 Å². The number of hydrogen-bond acceptors (Lipinski definition) is 2. The van der Waals surface area contributed by atoms with Crippen LogP contribution in [0.15, 0.2) is 54.6 Å². The van der Waals surface area contributed by atoms with E-state index in [2.05, 4.69) is 0 Å². The molecule has 0 aliphatic heterocycles. The van der Waals surface area contributed by atoms with Crippen LogP contribution in [0.25, 0.3) is 0 Å². The van der Waals surface area contributed by atoms with Gasteiger partial charge in [-0.2, -0.15) is 0 Å². The third-order valence-corrected chi connectivity index (χ3v) is 3.00. The lowest BCUT2D eigenvalue weighted by Gasteiger charge is -2.05. The highest BCUT2D eigenvalue weighted by atomic mass is 32.1. The van der Waals surface area contributed by atoms with Crippen LogP contribution >= 0.6 is 12.2 Å². The average Bonchev–Trinajstić information content (AvgIpc) is 2.40. The van der Waals surface area contributed by atoms with E-state index >= 15 is 0 Å². The maximum Gasteiger partial charge on any atom is 0.118 e. The van der Waals surface area contributed by atoms with Gasteiger partial charge in [0, 0.05) is 11.3 Å². The molecule has 0 unspecified atom stereocenters. The molecule has 2 heteroatoms. The van der Waals surface area contributed by atoms with Crippen molar-refractivity contribution >= 4 is 17.1 Å². The Bertz CT molecular complexity index is 488. The summed E-state index contributed by atoms with van der Waals surface area (Å²) in [6, 6.07) is 18.1. The van der Waals surface area contributed by atoms with Crippen molar-refractivity contribution in [3.63, 3.8) is 0 Å². The third-order valence-electron chi connectivity index (χ3n) is 2.62. The van der Waals surface area contributed by atoms with Gasteiger partial charge in [-0.25, -0.2) is 0 Å². The summed E-state index contributed by atoms with van der Waals surface area (Å²) in [4.78, 5) is 0.968. The molecule has 0 amide bonds. The minimum absolute atomic E-state index is 0.795. The Kier molecular flexibility index (Phi) is 3.89. The molecule has 0 saturated carbocycles. The van der Waals surface area contributed by atoms with E-state index < -0.39 is 0 Å². The highest BCUT2D eigenvalue weighted by Crippen LogP contribution is 2.14. The first-order chi connectivity index (χ1) is 8.29. The fourth-order valence-electron chi connectivity index (χ4n) is 1.65. The van der Waals surface area contributed by atoms with Gasteiger partial charge in [0.2, 0.25) is 0 Å².